The molecule has 4 rings (SSSR count). The van der Waals surface area contributed by atoms with E-state index < -0.39 is 0 Å². The van der Waals surface area contributed by atoms with Crippen molar-refractivity contribution in [3.8, 4) is 11.6 Å². The minimum Gasteiger partial charge on any atom is -0.446 e. The summed E-state index contributed by atoms with van der Waals surface area (Å²) in [6.07, 6.45) is 5.76. The SMILES string of the molecule is CCN(C(=O)c1cc(N)n2nc(-c3ccc(Br)o3)nc2c1)C1CCCCC1. The van der Waals surface area contributed by atoms with E-state index in [2.05, 4.69) is 26.0 Å². The van der Waals surface area contributed by atoms with Gasteiger partial charge in [-0.15, -0.1) is 5.10 Å². The summed E-state index contributed by atoms with van der Waals surface area (Å²) in [7, 11) is 0. The highest BCUT2D eigenvalue weighted by Gasteiger charge is 2.26. The molecular weight excluding hydrogens is 410 g/mol. The predicted octanol–water partition coefficient (Wildman–Crippen LogP) is 4.13. The van der Waals surface area contributed by atoms with E-state index in [1.54, 1.807) is 24.3 Å². The lowest BCUT2D eigenvalue weighted by atomic mass is 9.93. The first-order valence-corrected chi connectivity index (χ1v) is 10.1. The number of fused-ring (bicyclic) bond motifs is 1. The molecule has 0 bridgehead atoms. The van der Waals surface area contributed by atoms with Crippen LogP contribution >= 0.6 is 15.9 Å². The fourth-order valence-corrected chi connectivity index (χ4v) is 4.10. The zero-order chi connectivity index (χ0) is 19.0. The predicted molar refractivity (Wildman–Crippen MR) is 106 cm³/mol. The van der Waals surface area contributed by atoms with E-state index in [0.717, 1.165) is 12.8 Å². The monoisotopic (exact) mass is 431 g/mol. The van der Waals surface area contributed by atoms with Gasteiger partial charge in [-0.05, 0) is 60.0 Å². The van der Waals surface area contributed by atoms with Crippen molar-refractivity contribution in [3.05, 3.63) is 34.5 Å². The number of carbonyl (C=O) groups excluding carboxylic acids is 1. The molecule has 0 radical (unpaired) electrons. The van der Waals surface area contributed by atoms with Crippen LogP contribution < -0.4 is 5.73 Å². The molecule has 27 heavy (non-hydrogen) atoms. The van der Waals surface area contributed by atoms with Gasteiger partial charge < -0.3 is 15.1 Å². The number of nitrogens with zero attached hydrogens (tertiary/aromatic N) is 4. The van der Waals surface area contributed by atoms with Crippen LogP contribution in [0, 0.1) is 0 Å². The summed E-state index contributed by atoms with van der Waals surface area (Å²) in [6, 6.07) is 7.30. The van der Waals surface area contributed by atoms with Crippen LogP contribution in [-0.2, 0) is 0 Å². The minimum atomic E-state index is 0.00360. The summed E-state index contributed by atoms with van der Waals surface area (Å²) in [5, 5.41) is 4.39. The van der Waals surface area contributed by atoms with Gasteiger partial charge in [0.25, 0.3) is 5.91 Å². The van der Waals surface area contributed by atoms with Crippen molar-refractivity contribution in [2.24, 2.45) is 0 Å². The standard InChI is InChI=1S/C19H22BrN5O2/c1-2-24(13-6-4-3-5-7-13)19(26)12-10-16(21)25-17(11-12)22-18(23-25)14-8-9-15(20)27-14/h8-11,13H,2-7,21H2,1H3. The first-order valence-electron chi connectivity index (χ1n) is 9.30. The van der Waals surface area contributed by atoms with E-state index in [1.807, 2.05) is 11.8 Å². The number of hydrogen-bond acceptors (Lipinski definition) is 5. The van der Waals surface area contributed by atoms with Crippen molar-refractivity contribution in [1.82, 2.24) is 19.5 Å². The summed E-state index contributed by atoms with van der Waals surface area (Å²) < 4.78 is 7.64. The molecule has 1 aliphatic rings. The van der Waals surface area contributed by atoms with Crippen LogP contribution in [0.4, 0.5) is 5.82 Å². The molecule has 3 aromatic rings. The molecule has 0 unspecified atom stereocenters. The molecule has 3 aromatic heterocycles. The van der Waals surface area contributed by atoms with Crippen LogP contribution in [0.3, 0.4) is 0 Å². The Morgan fingerprint density at radius 2 is 2.11 bits per heavy atom. The van der Waals surface area contributed by atoms with Crippen LogP contribution in [0.15, 0.2) is 33.4 Å². The average molecular weight is 432 g/mol. The number of anilines is 1. The van der Waals surface area contributed by atoms with E-state index >= 15 is 0 Å². The summed E-state index contributed by atoms with van der Waals surface area (Å²) in [6.45, 7) is 2.71. The second-order valence-electron chi connectivity index (χ2n) is 6.86. The lowest BCUT2D eigenvalue weighted by molar-refractivity contribution is 0.0648. The molecule has 1 saturated carbocycles. The van der Waals surface area contributed by atoms with E-state index in [1.165, 1.54) is 23.8 Å². The highest BCUT2D eigenvalue weighted by molar-refractivity contribution is 9.10. The number of halogens is 1. The van der Waals surface area contributed by atoms with E-state index in [-0.39, 0.29) is 5.91 Å². The topological polar surface area (TPSA) is 89.7 Å². The fraction of sp³-hybridized carbons (Fsp3) is 0.421. The third kappa shape index (κ3) is 3.45. The zero-order valence-corrected chi connectivity index (χ0v) is 16.8. The van der Waals surface area contributed by atoms with Gasteiger partial charge in [0.05, 0.1) is 0 Å². The van der Waals surface area contributed by atoms with Gasteiger partial charge in [-0.2, -0.15) is 4.52 Å². The smallest absolute Gasteiger partial charge is 0.254 e. The summed E-state index contributed by atoms with van der Waals surface area (Å²) >= 11 is 3.28. The maximum absolute atomic E-state index is 13.1. The molecule has 0 aliphatic heterocycles. The van der Waals surface area contributed by atoms with Gasteiger partial charge in [0, 0.05) is 18.2 Å². The Morgan fingerprint density at radius 3 is 2.78 bits per heavy atom. The van der Waals surface area contributed by atoms with E-state index in [4.69, 9.17) is 10.2 Å². The Hall–Kier alpha value is -2.35. The number of furan rings is 1. The molecule has 0 aromatic carbocycles. The van der Waals surface area contributed by atoms with Gasteiger partial charge in [-0.1, -0.05) is 19.3 Å². The van der Waals surface area contributed by atoms with E-state index in [9.17, 15) is 4.79 Å². The van der Waals surface area contributed by atoms with Gasteiger partial charge >= 0.3 is 0 Å². The van der Waals surface area contributed by atoms with Gasteiger partial charge in [-0.25, -0.2) is 4.98 Å². The summed E-state index contributed by atoms with van der Waals surface area (Å²) in [5.41, 5.74) is 7.24. The molecule has 1 aliphatic carbocycles. The molecule has 1 fully saturated rings. The molecule has 0 saturated heterocycles. The average Bonchev–Trinajstić information content (AvgIpc) is 3.29. The molecule has 7 nitrogen and oxygen atoms in total. The third-order valence-corrected chi connectivity index (χ3v) is 5.55. The quantitative estimate of drug-likeness (QED) is 0.670. The molecular formula is C19H22BrN5O2. The van der Waals surface area contributed by atoms with Gasteiger partial charge in [0.1, 0.15) is 5.82 Å². The van der Waals surface area contributed by atoms with Crippen molar-refractivity contribution in [2.75, 3.05) is 12.3 Å². The maximum atomic E-state index is 13.1. The maximum Gasteiger partial charge on any atom is 0.254 e. The fourth-order valence-electron chi connectivity index (χ4n) is 3.80. The van der Waals surface area contributed by atoms with Gasteiger partial charge in [0.15, 0.2) is 16.1 Å². The number of hydrogen-bond donors (Lipinski definition) is 1. The van der Waals surface area contributed by atoms with Crippen LogP contribution in [0.25, 0.3) is 17.2 Å². The molecule has 1 amide bonds. The summed E-state index contributed by atoms with van der Waals surface area (Å²) in [4.78, 5) is 19.6. The number of rotatable bonds is 4. The van der Waals surface area contributed by atoms with Crippen LogP contribution in [-0.4, -0.2) is 38.0 Å². The van der Waals surface area contributed by atoms with Crippen LogP contribution in [0.2, 0.25) is 0 Å². The lowest BCUT2D eigenvalue weighted by Crippen LogP contribution is -2.41. The molecule has 3 heterocycles. The largest absolute Gasteiger partial charge is 0.446 e. The number of nitrogen functional groups attached to an aromatic ring is 1. The Balaban J connectivity index is 1.68. The molecule has 2 N–H and O–H groups in total. The number of pyridine rings is 1. The number of nitrogens with two attached hydrogens (primary N) is 1. The second kappa shape index (κ2) is 7.34. The minimum absolute atomic E-state index is 0.00360. The van der Waals surface area contributed by atoms with Crippen molar-refractivity contribution >= 4 is 33.3 Å². The van der Waals surface area contributed by atoms with Crippen LogP contribution in [0.1, 0.15) is 49.4 Å². The summed E-state index contributed by atoms with van der Waals surface area (Å²) in [5.74, 6) is 1.34. The van der Waals surface area contributed by atoms with Crippen molar-refractivity contribution in [2.45, 2.75) is 45.1 Å². The lowest BCUT2D eigenvalue weighted by Gasteiger charge is -2.33. The Labute approximate surface area is 165 Å². The first-order chi connectivity index (χ1) is 13.1. The highest BCUT2D eigenvalue weighted by Crippen LogP contribution is 2.26. The molecule has 0 atom stereocenters. The number of aromatic nitrogens is 3. The number of amides is 1. The van der Waals surface area contributed by atoms with Crippen molar-refractivity contribution in [3.63, 3.8) is 0 Å². The Morgan fingerprint density at radius 1 is 1.33 bits per heavy atom. The van der Waals surface area contributed by atoms with Crippen molar-refractivity contribution in [1.29, 1.82) is 0 Å². The Bertz CT molecular complexity index is 974. The zero-order valence-electron chi connectivity index (χ0n) is 15.2. The first kappa shape index (κ1) is 18.0. The van der Waals surface area contributed by atoms with Gasteiger partial charge in [0.2, 0.25) is 5.82 Å². The molecule has 8 heteroatoms. The van der Waals surface area contributed by atoms with Crippen molar-refractivity contribution < 1.29 is 9.21 Å². The highest BCUT2D eigenvalue weighted by atomic mass is 79.9. The number of carbonyl (C=O) groups is 1. The van der Waals surface area contributed by atoms with Crippen LogP contribution in [0.5, 0.6) is 0 Å². The van der Waals surface area contributed by atoms with E-state index in [0.29, 0.717) is 45.9 Å². The normalized spacial score (nSPS) is 15.3. The second-order valence-corrected chi connectivity index (χ2v) is 7.64. The molecule has 0 spiro atoms. The third-order valence-electron chi connectivity index (χ3n) is 5.12. The molecule has 142 valence electrons. The van der Waals surface area contributed by atoms with Gasteiger partial charge in [-0.3, -0.25) is 4.79 Å². The Kier molecular flexibility index (Phi) is 4.90.